The van der Waals surface area contributed by atoms with Crippen LogP contribution in [0.4, 0.5) is 0 Å². The summed E-state index contributed by atoms with van der Waals surface area (Å²) in [6.45, 7) is 0. The van der Waals surface area contributed by atoms with E-state index in [2.05, 4.69) is 26.0 Å². The summed E-state index contributed by atoms with van der Waals surface area (Å²) < 4.78 is 4.14. The van der Waals surface area contributed by atoms with Gasteiger partial charge >= 0.3 is 0 Å². The second kappa shape index (κ2) is 3.81. The van der Waals surface area contributed by atoms with E-state index in [1.165, 1.54) is 0 Å². The SMILES string of the molecule is O=Cc1c(-n2cc(Br)cn2)nc2ccccn12. The van der Waals surface area contributed by atoms with Gasteiger partial charge in [0.25, 0.3) is 0 Å². The van der Waals surface area contributed by atoms with Gasteiger partial charge in [0.15, 0.2) is 12.1 Å². The van der Waals surface area contributed by atoms with E-state index < -0.39 is 0 Å². The molecule has 3 aromatic heterocycles. The molecule has 0 atom stereocenters. The second-order valence-corrected chi connectivity index (χ2v) is 4.39. The summed E-state index contributed by atoms with van der Waals surface area (Å²) in [7, 11) is 0. The first-order valence-corrected chi connectivity index (χ1v) is 5.72. The van der Waals surface area contributed by atoms with E-state index in [-0.39, 0.29) is 0 Å². The zero-order valence-corrected chi connectivity index (χ0v) is 10.2. The third-order valence-corrected chi connectivity index (χ3v) is 2.84. The standard InChI is InChI=1S/C11H7BrN4O/c12-8-5-13-16(6-8)11-9(7-17)15-4-2-1-3-10(15)14-11/h1-7H. The molecule has 0 saturated heterocycles. The summed E-state index contributed by atoms with van der Waals surface area (Å²) >= 11 is 3.31. The van der Waals surface area contributed by atoms with E-state index in [4.69, 9.17) is 0 Å². The van der Waals surface area contributed by atoms with Crippen molar-refractivity contribution in [2.24, 2.45) is 0 Å². The van der Waals surface area contributed by atoms with Gasteiger partial charge in [-0.15, -0.1) is 0 Å². The summed E-state index contributed by atoms with van der Waals surface area (Å²) in [5.74, 6) is 0.525. The lowest BCUT2D eigenvalue weighted by Gasteiger charge is -1.96. The number of carbonyl (C=O) groups excluding carboxylic acids is 1. The molecule has 84 valence electrons. The molecule has 3 heterocycles. The van der Waals surface area contributed by atoms with Crippen LogP contribution in [-0.2, 0) is 0 Å². The summed E-state index contributed by atoms with van der Waals surface area (Å²) in [5, 5.41) is 4.12. The minimum atomic E-state index is 0.483. The highest BCUT2D eigenvalue weighted by molar-refractivity contribution is 9.10. The first-order chi connectivity index (χ1) is 8.29. The lowest BCUT2D eigenvalue weighted by Crippen LogP contribution is -2.00. The van der Waals surface area contributed by atoms with Crippen molar-refractivity contribution in [3.63, 3.8) is 0 Å². The van der Waals surface area contributed by atoms with Crippen molar-refractivity contribution in [3.05, 3.63) is 47.0 Å². The number of fused-ring (bicyclic) bond motifs is 1. The molecule has 0 aliphatic rings. The van der Waals surface area contributed by atoms with Crippen LogP contribution in [0.5, 0.6) is 0 Å². The minimum Gasteiger partial charge on any atom is -0.296 e. The summed E-state index contributed by atoms with van der Waals surface area (Å²) in [6, 6.07) is 5.57. The van der Waals surface area contributed by atoms with Crippen LogP contribution < -0.4 is 0 Å². The van der Waals surface area contributed by atoms with Crippen LogP contribution in [0.15, 0.2) is 41.3 Å². The quantitative estimate of drug-likeness (QED) is 0.679. The molecule has 0 unspecified atom stereocenters. The largest absolute Gasteiger partial charge is 0.296 e. The zero-order chi connectivity index (χ0) is 11.8. The Morgan fingerprint density at radius 3 is 2.94 bits per heavy atom. The van der Waals surface area contributed by atoms with Gasteiger partial charge in [0.05, 0.1) is 10.7 Å². The topological polar surface area (TPSA) is 52.2 Å². The number of aldehydes is 1. The van der Waals surface area contributed by atoms with Crippen molar-refractivity contribution < 1.29 is 4.79 Å². The first-order valence-electron chi connectivity index (χ1n) is 4.92. The van der Waals surface area contributed by atoms with Crippen LogP contribution >= 0.6 is 15.9 Å². The normalized spacial score (nSPS) is 10.9. The highest BCUT2D eigenvalue weighted by Crippen LogP contribution is 2.16. The molecule has 0 spiro atoms. The number of carbonyl (C=O) groups is 1. The molecule has 0 fully saturated rings. The third kappa shape index (κ3) is 1.57. The fourth-order valence-corrected chi connectivity index (χ4v) is 1.98. The first kappa shape index (κ1) is 10.2. The average molecular weight is 291 g/mol. The van der Waals surface area contributed by atoms with Gasteiger partial charge in [0.1, 0.15) is 11.3 Å². The van der Waals surface area contributed by atoms with Gasteiger partial charge in [0, 0.05) is 12.4 Å². The van der Waals surface area contributed by atoms with Crippen molar-refractivity contribution in [3.8, 4) is 5.82 Å². The van der Waals surface area contributed by atoms with Gasteiger partial charge in [-0.2, -0.15) is 5.10 Å². The van der Waals surface area contributed by atoms with E-state index in [1.54, 1.807) is 27.7 Å². The molecule has 0 N–H and O–H groups in total. The van der Waals surface area contributed by atoms with Crippen molar-refractivity contribution >= 4 is 27.9 Å². The zero-order valence-electron chi connectivity index (χ0n) is 8.62. The lowest BCUT2D eigenvalue weighted by molar-refractivity contribution is 0.111. The van der Waals surface area contributed by atoms with E-state index in [0.29, 0.717) is 11.5 Å². The van der Waals surface area contributed by atoms with Gasteiger partial charge < -0.3 is 0 Å². The molecule has 0 saturated carbocycles. The smallest absolute Gasteiger partial charge is 0.183 e. The number of rotatable bonds is 2. The molecule has 3 aromatic rings. The monoisotopic (exact) mass is 290 g/mol. The number of hydrogen-bond acceptors (Lipinski definition) is 3. The number of imidazole rings is 1. The molecular formula is C11H7BrN4O. The summed E-state index contributed by atoms with van der Waals surface area (Å²) in [6.07, 6.45) is 5.99. The summed E-state index contributed by atoms with van der Waals surface area (Å²) in [4.78, 5) is 15.5. The molecule has 3 rings (SSSR count). The Morgan fingerprint density at radius 1 is 1.35 bits per heavy atom. The van der Waals surface area contributed by atoms with Crippen molar-refractivity contribution in [1.82, 2.24) is 19.2 Å². The lowest BCUT2D eigenvalue weighted by atomic mass is 10.4. The Morgan fingerprint density at radius 2 is 2.24 bits per heavy atom. The average Bonchev–Trinajstić information content (AvgIpc) is 2.91. The minimum absolute atomic E-state index is 0.483. The van der Waals surface area contributed by atoms with E-state index in [1.807, 2.05) is 18.2 Å². The fourth-order valence-electron chi connectivity index (χ4n) is 1.70. The summed E-state index contributed by atoms with van der Waals surface area (Å²) in [5.41, 5.74) is 1.20. The predicted molar refractivity (Wildman–Crippen MR) is 65.4 cm³/mol. The molecule has 0 radical (unpaired) electrons. The van der Waals surface area contributed by atoms with Crippen LogP contribution in [0, 0.1) is 0 Å². The van der Waals surface area contributed by atoms with Gasteiger partial charge in [-0.05, 0) is 28.1 Å². The van der Waals surface area contributed by atoms with Crippen molar-refractivity contribution in [1.29, 1.82) is 0 Å². The maximum Gasteiger partial charge on any atom is 0.183 e. The molecule has 6 heteroatoms. The van der Waals surface area contributed by atoms with Gasteiger partial charge in [-0.1, -0.05) is 6.07 Å². The Bertz CT molecular complexity index is 700. The molecule has 17 heavy (non-hydrogen) atoms. The van der Waals surface area contributed by atoms with E-state index >= 15 is 0 Å². The van der Waals surface area contributed by atoms with Crippen LogP contribution in [0.2, 0.25) is 0 Å². The number of hydrogen-bond donors (Lipinski definition) is 0. The molecule has 0 aliphatic carbocycles. The van der Waals surface area contributed by atoms with Crippen LogP contribution in [0.3, 0.4) is 0 Å². The van der Waals surface area contributed by atoms with Crippen LogP contribution in [0.25, 0.3) is 11.5 Å². The maximum atomic E-state index is 11.2. The van der Waals surface area contributed by atoms with Gasteiger partial charge in [-0.25, -0.2) is 9.67 Å². The van der Waals surface area contributed by atoms with E-state index in [0.717, 1.165) is 16.4 Å². The maximum absolute atomic E-state index is 11.2. The predicted octanol–water partition coefficient (Wildman–Crippen LogP) is 2.09. The molecule has 5 nitrogen and oxygen atoms in total. The Labute approximate surface area is 105 Å². The molecule has 0 bridgehead atoms. The number of pyridine rings is 1. The number of aromatic nitrogens is 4. The van der Waals surface area contributed by atoms with Crippen LogP contribution in [-0.4, -0.2) is 25.5 Å². The van der Waals surface area contributed by atoms with Crippen molar-refractivity contribution in [2.45, 2.75) is 0 Å². The molecule has 0 amide bonds. The van der Waals surface area contributed by atoms with Gasteiger partial charge in [-0.3, -0.25) is 9.20 Å². The Kier molecular flexibility index (Phi) is 2.29. The molecule has 0 aliphatic heterocycles. The molecule has 0 aromatic carbocycles. The highest BCUT2D eigenvalue weighted by Gasteiger charge is 2.13. The van der Waals surface area contributed by atoms with Crippen molar-refractivity contribution in [2.75, 3.05) is 0 Å². The number of halogens is 1. The van der Waals surface area contributed by atoms with Crippen LogP contribution in [0.1, 0.15) is 10.5 Å². The fraction of sp³-hybridized carbons (Fsp3) is 0. The Hall–Kier alpha value is -1.95. The van der Waals surface area contributed by atoms with Gasteiger partial charge in [0.2, 0.25) is 0 Å². The Balaban J connectivity index is 2.32. The van der Waals surface area contributed by atoms with E-state index in [9.17, 15) is 4.79 Å². The third-order valence-electron chi connectivity index (χ3n) is 2.43. The number of nitrogens with zero attached hydrogens (tertiary/aromatic N) is 4. The second-order valence-electron chi connectivity index (χ2n) is 3.47. The molecular weight excluding hydrogens is 284 g/mol. The highest BCUT2D eigenvalue weighted by atomic mass is 79.9.